The molecule has 24 heavy (non-hydrogen) atoms. The van der Waals surface area contributed by atoms with Gasteiger partial charge in [0.25, 0.3) is 11.8 Å². The zero-order valence-electron chi connectivity index (χ0n) is 13.6. The lowest BCUT2D eigenvalue weighted by molar-refractivity contribution is 0.0961. The molecule has 2 heterocycles. The monoisotopic (exact) mass is 327 g/mol. The molecule has 126 valence electrons. The molecule has 1 fully saturated rings. The third kappa shape index (κ3) is 3.62. The SMILES string of the molecule is CNC(=O)c1cccc(NC(=O)c2ccn(C3CCCNC3)n2)c1. The molecule has 3 rings (SSSR count). The maximum absolute atomic E-state index is 12.4. The minimum atomic E-state index is -0.286. The summed E-state index contributed by atoms with van der Waals surface area (Å²) in [5.41, 5.74) is 1.43. The summed E-state index contributed by atoms with van der Waals surface area (Å²) in [4.78, 5) is 24.0. The smallest absolute Gasteiger partial charge is 0.276 e. The summed E-state index contributed by atoms with van der Waals surface area (Å²) in [7, 11) is 1.57. The topological polar surface area (TPSA) is 88.0 Å². The number of piperidine rings is 1. The number of rotatable bonds is 4. The number of nitrogens with zero attached hydrogens (tertiary/aromatic N) is 2. The molecule has 7 heteroatoms. The molecular weight excluding hydrogens is 306 g/mol. The Balaban J connectivity index is 1.69. The molecule has 1 saturated heterocycles. The molecule has 0 bridgehead atoms. The highest BCUT2D eigenvalue weighted by Gasteiger charge is 2.18. The van der Waals surface area contributed by atoms with E-state index in [1.165, 1.54) is 0 Å². The number of anilines is 1. The fourth-order valence-electron chi connectivity index (χ4n) is 2.80. The first-order valence-electron chi connectivity index (χ1n) is 8.07. The minimum absolute atomic E-state index is 0.194. The fraction of sp³-hybridized carbons (Fsp3) is 0.353. The Kier molecular flexibility index (Phi) is 4.90. The van der Waals surface area contributed by atoms with Gasteiger partial charge in [-0.2, -0.15) is 5.10 Å². The lowest BCUT2D eigenvalue weighted by atomic mass is 10.1. The third-order valence-corrected chi connectivity index (χ3v) is 4.10. The Hall–Kier alpha value is -2.67. The molecule has 0 aliphatic carbocycles. The molecule has 1 aliphatic rings. The van der Waals surface area contributed by atoms with E-state index in [0.29, 0.717) is 16.9 Å². The van der Waals surface area contributed by atoms with Gasteiger partial charge in [-0.3, -0.25) is 14.3 Å². The van der Waals surface area contributed by atoms with E-state index in [-0.39, 0.29) is 17.9 Å². The van der Waals surface area contributed by atoms with Crippen LogP contribution >= 0.6 is 0 Å². The predicted molar refractivity (Wildman–Crippen MR) is 91.2 cm³/mol. The first-order chi connectivity index (χ1) is 11.7. The van der Waals surface area contributed by atoms with E-state index >= 15 is 0 Å². The highest BCUT2D eigenvalue weighted by atomic mass is 16.2. The van der Waals surface area contributed by atoms with E-state index in [4.69, 9.17) is 0 Å². The van der Waals surface area contributed by atoms with Gasteiger partial charge >= 0.3 is 0 Å². The summed E-state index contributed by atoms with van der Waals surface area (Å²) < 4.78 is 1.85. The molecule has 1 aromatic carbocycles. The predicted octanol–water partition coefficient (Wildman–Crippen LogP) is 1.42. The Morgan fingerprint density at radius 1 is 1.29 bits per heavy atom. The van der Waals surface area contributed by atoms with Crippen LogP contribution in [-0.2, 0) is 0 Å². The van der Waals surface area contributed by atoms with E-state index in [1.54, 1.807) is 37.4 Å². The van der Waals surface area contributed by atoms with Crippen molar-refractivity contribution < 1.29 is 9.59 Å². The molecule has 0 radical (unpaired) electrons. The molecule has 1 aromatic heterocycles. The van der Waals surface area contributed by atoms with Crippen LogP contribution in [0.25, 0.3) is 0 Å². The maximum atomic E-state index is 12.4. The number of hydrogen-bond donors (Lipinski definition) is 3. The summed E-state index contributed by atoms with van der Waals surface area (Å²) in [6.45, 7) is 1.91. The summed E-state index contributed by atoms with van der Waals surface area (Å²) in [5, 5.41) is 13.1. The molecule has 1 aliphatic heterocycles. The highest BCUT2D eigenvalue weighted by Crippen LogP contribution is 2.17. The van der Waals surface area contributed by atoms with Crippen LogP contribution in [0, 0.1) is 0 Å². The summed E-state index contributed by atoms with van der Waals surface area (Å²) in [5.74, 6) is -0.480. The first kappa shape index (κ1) is 16.2. The second-order valence-electron chi connectivity index (χ2n) is 5.80. The number of nitrogens with one attached hydrogen (secondary N) is 3. The van der Waals surface area contributed by atoms with Crippen molar-refractivity contribution in [2.75, 3.05) is 25.5 Å². The number of aromatic nitrogens is 2. The summed E-state index contributed by atoms with van der Waals surface area (Å²) in [6, 6.07) is 8.81. The van der Waals surface area contributed by atoms with Gasteiger partial charge in [0.05, 0.1) is 6.04 Å². The van der Waals surface area contributed by atoms with Crippen molar-refractivity contribution in [3.05, 3.63) is 47.8 Å². The van der Waals surface area contributed by atoms with Crippen LogP contribution in [0.5, 0.6) is 0 Å². The largest absolute Gasteiger partial charge is 0.355 e. The van der Waals surface area contributed by atoms with E-state index in [2.05, 4.69) is 21.0 Å². The Morgan fingerprint density at radius 2 is 2.17 bits per heavy atom. The standard InChI is InChI=1S/C17H21N5O2/c1-18-16(23)12-4-2-5-13(10-12)20-17(24)15-7-9-22(21-15)14-6-3-8-19-11-14/h2,4-5,7,9-10,14,19H,3,6,8,11H2,1H3,(H,18,23)(H,20,24). The summed E-state index contributed by atoms with van der Waals surface area (Å²) in [6.07, 6.45) is 4.01. The van der Waals surface area contributed by atoms with Crippen LogP contribution in [0.1, 0.15) is 39.7 Å². The van der Waals surface area contributed by atoms with Crippen LogP contribution in [0.4, 0.5) is 5.69 Å². The molecule has 1 atom stereocenters. The van der Waals surface area contributed by atoms with Gasteiger partial charge in [-0.25, -0.2) is 0 Å². The van der Waals surface area contributed by atoms with Gasteiger partial charge in [-0.15, -0.1) is 0 Å². The van der Waals surface area contributed by atoms with Crippen molar-refractivity contribution in [1.29, 1.82) is 0 Å². The number of carbonyl (C=O) groups excluding carboxylic acids is 2. The normalized spacial score (nSPS) is 17.3. The average molecular weight is 327 g/mol. The minimum Gasteiger partial charge on any atom is -0.355 e. The first-order valence-corrected chi connectivity index (χ1v) is 8.07. The van der Waals surface area contributed by atoms with Gasteiger partial charge < -0.3 is 16.0 Å². The number of amides is 2. The van der Waals surface area contributed by atoms with Crippen molar-refractivity contribution in [3.63, 3.8) is 0 Å². The zero-order chi connectivity index (χ0) is 16.9. The van der Waals surface area contributed by atoms with E-state index in [0.717, 1.165) is 25.9 Å². The second-order valence-corrected chi connectivity index (χ2v) is 5.80. The number of benzene rings is 1. The molecule has 1 unspecified atom stereocenters. The van der Waals surface area contributed by atoms with Gasteiger partial charge in [0.1, 0.15) is 0 Å². The molecule has 3 N–H and O–H groups in total. The van der Waals surface area contributed by atoms with E-state index in [9.17, 15) is 9.59 Å². The van der Waals surface area contributed by atoms with Crippen LogP contribution < -0.4 is 16.0 Å². The molecular formula is C17H21N5O2. The lowest BCUT2D eigenvalue weighted by Crippen LogP contribution is -2.32. The fourth-order valence-corrected chi connectivity index (χ4v) is 2.80. The van der Waals surface area contributed by atoms with Crippen molar-refractivity contribution in [2.24, 2.45) is 0 Å². The Labute approximate surface area is 140 Å². The van der Waals surface area contributed by atoms with E-state index < -0.39 is 0 Å². The molecule has 2 amide bonds. The third-order valence-electron chi connectivity index (χ3n) is 4.10. The van der Waals surface area contributed by atoms with Gasteiger partial charge in [0, 0.05) is 31.0 Å². The Morgan fingerprint density at radius 3 is 2.92 bits per heavy atom. The number of hydrogen-bond acceptors (Lipinski definition) is 4. The number of carbonyl (C=O) groups is 2. The highest BCUT2D eigenvalue weighted by molar-refractivity contribution is 6.03. The van der Waals surface area contributed by atoms with E-state index in [1.807, 2.05) is 10.9 Å². The van der Waals surface area contributed by atoms with Crippen molar-refractivity contribution in [2.45, 2.75) is 18.9 Å². The van der Waals surface area contributed by atoms with Crippen LogP contribution in [0.2, 0.25) is 0 Å². The van der Waals surface area contributed by atoms with Crippen LogP contribution in [0.15, 0.2) is 36.5 Å². The molecule has 7 nitrogen and oxygen atoms in total. The summed E-state index contributed by atoms with van der Waals surface area (Å²) >= 11 is 0. The van der Waals surface area contributed by atoms with Gasteiger partial charge in [0.15, 0.2) is 5.69 Å². The van der Waals surface area contributed by atoms with Gasteiger partial charge in [-0.05, 0) is 43.7 Å². The van der Waals surface area contributed by atoms with Gasteiger partial charge in [0.2, 0.25) is 0 Å². The maximum Gasteiger partial charge on any atom is 0.276 e. The van der Waals surface area contributed by atoms with Gasteiger partial charge in [-0.1, -0.05) is 6.07 Å². The molecule has 0 spiro atoms. The Bertz CT molecular complexity index is 734. The average Bonchev–Trinajstić information content (AvgIpc) is 3.12. The van der Waals surface area contributed by atoms with Crippen LogP contribution in [-0.4, -0.2) is 41.7 Å². The van der Waals surface area contributed by atoms with Crippen molar-refractivity contribution in [3.8, 4) is 0 Å². The molecule has 2 aromatic rings. The van der Waals surface area contributed by atoms with Crippen molar-refractivity contribution in [1.82, 2.24) is 20.4 Å². The van der Waals surface area contributed by atoms with Crippen molar-refractivity contribution >= 4 is 17.5 Å². The zero-order valence-corrected chi connectivity index (χ0v) is 13.6. The lowest BCUT2D eigenvalue weighted by Gasteiger charge is -2.22. The van der Waals surface area contributed by atoms with Crippen LogP contribution in [0.3, 0.4) is 0 Å². The molecule has 0 saturated carbocycles. The second kappa shape index (κ2) is 7.27. The quantitative estimate of drug-likeness (QED) is 0.792.